The highest BCUT2D eigenvalue weighted by atomic mass is 35.5. The van der Waals surface area contributed by atoms with E-state index in [9.17, 15) is 9.59 Å². The second kappa shape index (κ2) is 10.00. The summed E-state index contributed by atoms with van der Waals surface area (Å²) in [6, 6.07) is 2.48. The zero-order valence-electron chi connectivity index (χ0n) is 14.7. The molecule has 7 nitrogen and oxygen atoms in total. The molecule has 0 saturated carbocycles. The molecule has 0 heterocycles. The second-order valence-electron chi connectivity index (χ2n) is 5.34. The summed E-state index contributed by atoms with van der Waals surface area (Å²) in [4.78, 5) is 25.9. The molecule has 1 atom stereocenters. The molecule has 3 N–H and O–H groups in total. The fraction of sp³-hybridized carbons (Fsp3) is 0.500. The van der Waals surface area contributed by atoms with Gasteiger partial charge in [0, 0.05) is 20.2 Å². The van der Waals surface area contributed by atoms with E-state index < -0.39 is 6.04 Å². The first-order chi connectivity index (χ1) is 10.8. The van der Waals surface area contributed by atoms with Gasteiger partial charge in [-0.25, -0.2) is 0 Å². The van der Waals surface area contributed by atoms with Crippen LogP contribution in [0, 0.1) is 0 Å². The van der Waals surface area contributed by atoms with Gasteiger partial charge in [0.05, 0.1) is 31.5 Å². The summed E-state index contributed by atoms with van der Waals surface area (Å²) in [6.45, 7) is 1.95. The molecular weight excluding hydrogens is 334 g/mol. The Morgan fingerprint density at radius 3 is 2.21 bits per heavy atom. The number of ether oxygens (including phenoxy) is 2. The van der Waals surface area contributed by atoms with Gasteiger partial charge >= 0.3 is 0 Å². The van der Waals surface area contributed by atoms with Crippen LogP contribution in [0.15, 0.2) is 12.1 Å². The van der Waals surface area contributed by atoms with E-state index in [0.717, 1.165) is 6.42 Å². The van der Waals surface area contributed by atoms with Crippen LogP contribution in [0.5, 0.6) is 11.5 Å². The highest BCUT2D eigenvalue weighted by Crippen LogP contribution is 2.34. The predicted molar refractivity (Wildman–Crippen MR) is 96.3 cm³/mol. The Morgan fingerprint density at radius 2 is 1.75 bits per heavy atom. The molecule has 24 heavy (non-hydrogen) atoms. The van der Waals surface area contributed by atoms with Crippen LogP contribution < -0.4 is 20.5 Å². The molecule has 0 radical (unpaired) electrons. The molecule has 0 aliphatic rings. The number of anilines is 1. The topological polar surface area (TPSA) is 93.9 Å². The molecule has 0 fully saturated rings. The van der Waals surface area contributed by atoms with Crippen molar-refractivity contribution in [3.05, 3.63) is 17.7 Å². The van der Waals surface area contributed by atoms with Crippen LogP contribution >= 0.6 is 12.4 Å². The van der Waals surface area contributed by atoms with Crippen molar-refractivity contribution >= 4 is 29.9 Å². The van der Waals surface area contributed by atoms with E-state index in [1.165, 1.54) is 19.1 Å². The van der Waals surface area contributed by atoms with Crippen molar-refractivity contribution in [1.29, 1.82) is 0 Å². The number of hydrogen-bond donors (Lipinski definition) is 2. The van der Waals surface area contributed by atoms with Gasteiger partial charge in [-0.2, -0.15) is 0 Å². The predicted octanol–water partition coefficient (Wildman–Crippen LogP) is 1.89. The Balaban J connectivity index is 0.00000529. The minimum atomic E-state index is -0.629. The number of nitrogens with zero attached hydrogens (tertiary/aromatic N) is 1. The minimum absolute atomic E-state index is 0. The maximum atomic E-state index is 12.4. The molecule has 2 amide bonds. The zero-order chi connectivity index (χ0) is 17.6. The van der Waals surface area contributed by atoms with Gasteiger partial charge in [0.1, 0.15) is 0 Å². The number of nitrogens with one attached hydrogen (secondary N) is 1. The molecule has 0 aliphatic carbocycles. The monoisotopic (exact) mass is 359 g/mol. The van der Waals surface area contributed by atoms with Crippen LogP contribution in [-0.4, -0.2) is 51.1 Å². The van der Waals surface area contributed by atoms with Crippen LogP contribution in [0.1, 0.15) is 30.1 Å². The van der Waals surface area contributed by atoms with E-state index in [4.69, 9.17) is 15.2 Å². The molecule has 0 aliphatic heterocycles. The lowest BCUT2D eigenvalue weighted by atomic mass is 10.1. The number of rotatable bonds is 7. The number of carbonyl (C=O) groups excluding carboxylic acids is 2. The standard InChI is InChI=1S/C16H25N3O4.ClH/c1-6-7-11(17)15(20)18-12-9-14(23-5)13(22-4)8-10(12)16(21)19(2)3;/h8-9,11H,6-7,17H2,1-5H3,(H,18,20);1H. The van der Waals surface area contributed by atoms with Gasteiger partial charge in [0.15, 0.2) is 11.5 Å². The maximum absolute atomic E-state index is 12.4. The number of methoxy groups -OCH3 is 2. The van der Waals surface area contributed by atoms with E-state index in [1.54, 1.807) is 26.2 Å². The highest BCUT2D eigenvalue weighted by Gasteiger charge is 2.21. The number of amides is 2. The lowest BCUT2D eigenvalue weighted by Crippen LogP contribution is -2.36. The molecule has 8 heteroatoms. The largest absolute Gasteiger partial charge is 0.493 e. The van der Waals surface area contributed by atoms with Crippen molar-refractivity contribution in [2.75, 3.05) is 33.6 Å². The quantitative estimate of drug-likeness (QED) is 0.775. The zero-order valence-corrected chi connectivity index (χ0v) is 15.5. The third-order valence-corrected chi connectivity index (χ3v) is 3.35. The molecule has 0 aromatic heterocycles. The van der Waals surface area contributed by atoms with Crippen molar-refractivity contribution in [3.63, 3.8) is 0 Å². The van der Waals surface area contributed by atoms with Crippen LogP contribution in [0.4, 0.5) is 5.69 Å². The van der Waals surface area contributed by atoms with Crippen LogP contribution in [-0.2, 0) is 4.79 Å². The molecule has 1 rings (SSSR count). The molecular formula is C16H26ClN3O4. The first-order valence-electron chi connectivity index (χ1n) is 7.39. The summed E-state index contributed by atoms with van der Waals surface area (Å²) < 4.78 is 10.4. The summed E-state index contributed by atoms with van der Waals surface area (Å²) in [5.74, 6) is 0.230. The van der Waals surface area contributed by atoms with Crippen molar-refractivity contribution in [2.24, 2.45) is 5.73 Å². The van der Waals surface area contributed by atoms with E-state index >= 15 is 0 Å². The Morgan fingerprint density at radius 1 is 1.21 bits per heavy atom. The second-order valence-corrected chi connectivity index (χ2v) is 5.34. The number of nitrogens with two attached hydrogens (primary N) is 1. The molecule has 0 bridgehead atoms. The van der Waals surface area contributed by atoms with Gasteiger partial charge < -0.3 is 25.4 Å². The van der Waals surface area contributed by atoms with Gasteiger partial charge in [0.25, 0.3) is 5.91 Å². The van der Waals surface area contributed by atoms with Crippen molar-refractivity contribution in [2.45, 2.75) is 25.8 Å². The van der Waals surface area contributed by atoms with Gasteiger partial charge in [-0.15, -0.1) is 12.4 Å². The summed E-state index contributed by atoms with van der Waals surface area (Å²) in [5.41, 5.74) is 6.48. The van der Waals surface area contributed by atoms with Crippen molar-refractivity contribution < 1.29 is 19.1 Å². The third-order valence-electron chi connectivity index (χ3n) is 3.35. The molecule has 0 spiro atoms. The average molecular weight is 360 g/mol. The average Bonchev–Trinajstić information content (AvgIpc) is 2.53. The molecule has 1 aromatic carbocycles. The summed E-state index contributed by atoms with van der Waals surface area (Å²) in [5, 5.41) is 2.71. The van der Waals surface area contributed by atoms with Crippen LogP contribution in [0.3, 0.4) is 0 Å². The fourth-order valence-electron chi connectivity index (χ4n) is 2.07. The maximum Gasteiger partial charge on any atom is 0.255 e. The first kappa shape index (κ1) is 22.0. The SMILES string of the molecule is CCCC(N)C(=O)Nc1cc(OC)c(OC)cc1C(=O)N(C)C.Cl. The molecule has 1 unspecified atom stereocenters. The highest BCUT2D eigenvalue weighted by molar-refractivity contribution is 6.05. The number of hydrogen-bond acceptors (Lipinski definition) is 5. The third kappa shape index (κ3) is 5.28. The Kier molecular flexibility index (Phi) is 9.17. The van der Waals surface area contributed by atoms with Crippen molar-refractivity contribution in [1.82, 2.24) is 4.90 Å². The van der Waals surface area contributed by atoms with Gasteiger partial charge in [-0.1, -0.05) is 13.3 Å². The van der Waals surface area contributed by atoms with E-state index in [1.807, 2.05) is 6.92 Å². The molecule has 0 saturated heterocycles. The van der Waals surface area contributed by atoms with Gasteiger partial charge in [-0.3, -0.25) is 9.59 Å². The Labute approximate surface area is 148 Å². The summed E-state index contributed by atoms with van der Waals surface area (Å²) in [7, 11) is 6.23. The van der Waals surface area contributed by atoms with Gasteiger partial charge in [0.2, 0.25) is 5.91 Å². The van der Waals surface area contributed by atoms with Crippen molar-refractivity contribution in [3.8, 4) is 11.5 Å². The first-order valence-corrected chi connectivity index (χ1v) is 7.39. The Hall–Kier alpha value is -1.99. The summed E-state index contributed by atoms with van der Waals surface area (Å²) >= 11 is 0. The number of halogens is 1. The van der Waals surface area contributed by atoms with E-state index in [-0.39, 0.29) is 24.2 Å². The number of carbonyl (C=O) groups is 2. The van der Waals surface area contributed by atoms with Gasteiger partial charge in [-0.05, 0) is 12.5 Å². The Bertz CT molecular complexity index is 579. The lowest BCUT2D eigenvalue weighted by molar-refractivity contribution is -0.117. The minimum Gasteiger partial charge on any atom is -0.493 e. The van der Waals surface area contributed by atoms with E-state index in [0.29, 0.717) is 29.2 Å². The number of benzene rings is 1. The molecule has 136 valence electrons. The van der Waals surface area contributed by atoms with E-state index in [2.05, 4.69) is 5.32 Å². The molecule has 1 aromatic rings. The smallest absolute Gasteiger partial charge is 0.255 e. The normalized spacial score (nSPS) is 11.1. The lowest BCUT2D eigenvalue weighted by Gasteiger charge is -2.19. The van der Waals surface area contributed by atoms with Crippen LogP contribution in [0.25, 0.3) is 0 Å². The summed E-state index contributed by atoms with van der Waals surface area (Å²) in [6.07, 6.45) is 1.36. The fourth-order valence-corrected chi connectivity index (χ4v) is 2.07. The van der Waals surface area contributed by atoms with Crippen LogP contribution in [0.2, 0.25) is 0 Å².